The number of nitrogens with one attached hydrogen (secondary N) is 2. The number of pyridine rings is 1. The summed E-state index contributed by atoms with van der Waals surface area (Å²) in [4.78, 5) is 39.4. The summed E-state index contributed by atoms with van der Waals surface area (Å²) in [7, 11) is 3.70. The Morgan fingerprint density at radius 1 is 1.11 bits per heavy atom. The van der Waals surface area contributed by atoms with E-state index < -0.39 is 11.7 Å². The summed E-state index contributed by atoms with van der Waals surface area (Å²) in [5.74, 6) is -0.310. The van der Waals surface area contributed by atoms with Crippen LogP contribution < -0.4 is 20.4 Å². The molecule has 4 rings (SSSR count). The zero-order valence-corrected chi connectivity index (χ0v) is 20.8. The SMILES string of the molecule is CCC(COc1ccnc(N(C)C)n1)C(CC)NC(=O)c1cc2[nH]c3ccccc3c(=O)c2cc1F. The van der Waals surface area contributed by atoms with Crippen LogP contribution in [0.3, 0.4) is 0 Å². The molecule has 2 unspecified atom stereocenters. The highest BCUT2D eigenvalue weighted by Gasteiger charge is 2.24. The number of hydrogen-bond acceptors (Lipinski definition) is 6. The van der Waals surface area contributed by atoms with Gasteiger partial charge in [-0.25, -0.2) is 9.37 Å². The van der Waals surface area contributed by atoms with Crippen molar-refractivity contribution in [2.45, 2.75) is 32.7 Å². The third kappa shape index (κ3) is 5.15. The first-order valence-corrected chi connectivity index (χ1v) is 12.0. The summed E-state index contributed by atoms with van der Waals surface area (Å²) >= 11 is 0. The van der Waals surface area contributed by atoms with Crippen LogP contribution in [0.15, 0.2) is 53.5 Å². The van der Waals surface area contributed by atoms with Crippen molar-refractivity contribution in [2.75, 3.05) is 25.6 Å². The number of para-hydroxylation sites is 1. The Morgan fingerprint density at radius 2 is 1.89 bits per heavy atom. The van der Waals surface area contributed by atoms with Gasteiger partial charge in [0.1, 0.15) is 5.82 Å². The molecule has 0 aliphatic rings. The monoisotopic (exact) mass is 491 g/mol. The topological polar surface area (TPSA) is 100 Å². The maximum Gasteiger partial charge on any atom is 0.254 e. The molecule has 0 radical (unpaired) electrons. The summed E-state index contributed by atoms with van der Waals surface area (Å²) in [6.45, 7) is 4.31. The summed E-state index contributed by atoms with van der Waals surface area (Å²) in [5, 5.41) is 3.64. The lowest BCUT2D eigenvalue weighted by Crippen LogP contribution is -2.42. The number of anilines is 1. The predicted octanol–water partition coefficient (Wildman–Crippen LogP) is 4.29. The maximum absolute atomic E-state index is 15.0. The molecule has 1 amide bonds. The van der Waals surface area contributed by atoms with Crippen molar-refractivity contribution in [1.82, 2.24) is 20.3 Å². The fourth-order valence-corrected chi connectivity index (χ4v) is 4.26. The van der Waals surface area contributed by atoms with Crippen LogP contribution >= 0.6 is 0 Å². The highest BCUT2D eigenvalue weighted by molar-refractivity contribution is 6.00. The van der Waals surface area contributed by atoms with Crippen molar-refractivity contribution in [1.29, 1.82) is 0 Å². The molecule has 2 aromatic carbocycles. The second-order valence-corrected chi connectivity index (χ2v) is 8.93. The third-order valence-electron chi connectivity index (χ3n) is 6.35. The maximum atomic E-state index is 15.0. The lowest BCUT2D eigenvalue weighted by Gasteiger charge is -2.26. The summed E-state index contributed by atoms with van der Waals surface area (Å²) in [5.41, 5.74) is 0.648. The molecular formula is C27H30FN5O3. The number of fused-ring (bicyclic) bond motifs is 2. The van der Waals surface area contributed by atoms with Gasteiger partial charge >= 0.3 is 0 Å². The normalized spacial score (nSPS) is 12.9. The van der Waals surface area contributed by atoms with Crippen LogP contribution in [0.25, 0.3) is 21.8 Å². The molecular weight excluding hydrogens is 461 g/mol. The quantitative estimate of drug-likeness (QED) is 0.339. The van der Waals surface area contributed by atoms with Gasteiger partial charge in [0.15, 0.2) is 5.43 Å². The van der Waals surface area contributed by atoms with Crippen LogP contribution in [-0.2, 0) is 0 Å². The molecule has 8 nitrogen and oxygen atoms in total. The van der Waals surface area contributed by atoms with E-state index in [9.17, 15) is 9.59 Å². The number of rotatable bonds is 9. The fourth-order valence-electron chi connectivity index (χ4n) is 4.26. The van der Waals surface area contributed by atoms with Gasteiger partial charge in [-0.1, -0.05) is 26.0 Å². The van der Waals surface area contributed by atoms with E-state index in [0.29, 0.717) is 41.3 Å². The Morgan fingerprint density at radius 3 is 2.61 bits per heavy atom. The van der Waals surface area contributed by atoms with E-state index in [4.69, 9.17) is 4.74 Å². The Kier molecular flexibility index (Phi) is 7.47. The van der Waals surface area contributed by atoms with Gasteiger partial charge in [0.25, 0.3) is 5.91 Å². The van der Waals surface area contributed by atoms with Gasteiger partial charge in [-0.3, -0.25) is 9.59 Å². The molecule has 4 aromatic rings. The zero-order chi connectivity index (χ0) is 25.8. The highest BCUT2D eigenvalue weighted by atomic mass is 19.1. The van der Waals surface area contributed by atoms with E-state index in [0.717, 1.165) is 12.5 Å². The van der Waals surface area contributed by atoms with E-state index in [1.54, 1.807) is 35.4 Å². The van der Waals surface area contributed by atoms with E-state index in [-0.39, 0.29) is 28.3 Å². The minimum atomic E-state index is -0.739. The molecule has 0 saturated heterocycles. The van der Waals surface area contributed by atoms with Crippen LogP contribution in [-0.4, -0.2) is 47.6 Å². The van der Waals surface area contributed by atoms with Gasteiger partial charge in [0.2, 0.25) is 11.8 Å². The molecule has 36 heavy (non-hydrogen) atoms. The molecule has 0 bridgehead atoms. The number of carbonyl (C=O) groups is 1. The van der Waals surface area contributed by atoms with E-state index in [1.807, 2.05) is 34.0 Å². The van der Waals surface area contributed by atoms with Crippen LogP contribution in [0.2, 0.25) is 0 Å². The standard InChI is InChI=1S/C27H30FN5O3/c1-5-16(15-36-24-11-12-29-27(32-24)33(3)4)21(6-2)31-26(35)18-14-23-19(13-20(18)28)25(34)17-9-7-8-10-22(17)30-23/h7-14,16,21H,5-6,15H2,1-4H3,(H,30,34)(H,31,35). The number of hydrogen-bond donors (Lipinski definition) is 2. The van der Waals surface area contributed by atoms with Crippen molar-refractivity contribution in [3.8, 4) is 5.88 Å². The zero-order valence-electron chi connectivity index (χ0n) is 20.8. The van der Waals surface area contributed by atoms with Crippen LogP contribution in [0.1, 0.15) is 37.0 Å². The van der Waals surface area contributed by atoms with Gasteiger partial charge in [-0.15, -0.1) is 0 Å². The van der Waals surface area contributed by atoms with Crippen molar-refractivity contribution in [3.63, 3.8) is 0 Å². The average molecular weight is 492 g/mol. The fraction of sp³-hybridized carbons (Fsp3) is 0.333. The van der Waals surface area contributed by atoms with Crippen LogP contribution in [0.5, 0.6) is 5.88 Å². The number of H-pyrrole nitrogens is 1. The Bertz CT molecular complexity index is 1450. The van der Waals surface area contributed by atoms with Crippen molar-refractivity contribution < 1.29 is 13.9 Å². The predicted molar refractivity (Wildman–Crippen MR) is 139 cm³/mol. The average Bonchev–Trinajstić information content (AvgIpc) is 2.88. The van der Waals surface area contributed by atoms with Gasteiger partial charge in [0.05, 0.1) is 17.7 Å². The Labute approximate surface area is 208 Å². The van der Waals surface area contributed by atoms with Gasteiger partial charge < -0.3 is 19.9 Å². The molecule has 2 heterocycles. The number of aromatic nitrogens is 3. The molecule has 0 spiro atoms. The largest absolute Gasteiger partial charge is 0.477 e. The number of amides is 1. The second kappa shape index (κ2) is 10.7. The molecule has 0 fully saturated rings. The summed E-state index contributed by atoms with van der Waals surface area (Å²) in [6.07, 6.45) is 3.01. The van der Waals surface area contributed by atoms with Crippen LogP contribution in [0.4, 0.5) is 10.3 Å². The molecule has 0 aliphatic heterocycles. The highest BCUT2D eigenvalue weighted by Crippen LogP contribution is 2.21. The van der Waals surface area contributed by atoms with Gasteiger partial charge in [-0.05, 0) is 37.1 Å². The molecule has 0 saturated carbocycles. The molecule has 2 N–H and O–H groups in total. The second-order valence-electron chi connectivity index (χ2n) is 8.93. The number of carbonyl (C=O) groups excluding carboxylic acids is 1. The first-order chi connectivity index (χ1) is 17.3. The minimum Gasteiger partial charge on any atom is -0.477 e. The van der Waals surface area contributed by atoms with E-state index in [2.05, 4.69) is 20.3 Å². The third-order valence-corrected chi connectivity index (χ3v) is 6.35. The number of benzene rings is 2. The smallest absolute Gasteiger partial charge is 0.254 e. The lowest BCUT2D eigenvalue weighted by atomic mass is 9.95. The minimum absolute atomic E-state index is 0.0241. The Balaban J connectivity index is 1.54. The van der Waals surface area contributed by atoms with Crippen molar-refractivity contribution >= 4 is 33.7 Å². The van der Waals surface area contributed by atoms with Crippen molar-refractivity contribution in [2.24, 2.45) is 5.92 Å². The van der Waals surface area contributed by atoms with E-state index in [1.165, 1.54) is 6.07 Å². The van der Waals surface area contributed by atoms with Gasteiger partial charge in [0, 0.05) is 54.6 Å². The number of aromatic amines is 1. The number of halogens is 1. The molecule has 188 valence electrons. The molecule has 9 heteroatoms. The first-order valence-electron chi connectivity index (χ1n) is 12.0. The summed E-state index contributed by atoms with van der Waals surface area (Å²) < 4.78 is 20.9. The first kappa shape index (κ1) is 25.1. The van der Waals surface area contributed by atoms with Crippen molar-refractivity contribution in [3.05, 3.63) is 70.3 Å². The summed E-state index contributed by atoms with van der Waals surface area (Å²) in [6, 6.07) is 11.0. The molecule has 2 atom stereocenters. The van der Waals surface area contributed by atoms with Gasteiger partial charge in [-0.2, -0.15) is 4.98 Å². The lowest BCUT2D eigenvalue weighted by molar-refractivity contribution is 0.0899. The van der Waals surface area contributed by atoms with E-state index >= 15 is 4.39 Å². The molecule has 2 aromatic heterocycles. The Hall–Kier alpha value is -4.01. The van der Waals surface area contributed by atoms with Crippen LogP contribution in [0, 0.1) is 11.7 Å². The molecule has 0 aliphatic carbocycles. The number of ether oxygens (including phenoxy) is 1. The number of nitrogens with zero attached hydrogens (tertiary/aromatic N) is 3.